The maximum atomic E-state index is 4.93. The number of aliphatic imine (C=N–C) groups is 1. The van der Waals surface area contributed by atoms with Crippen molar-refractivity contribution >= 4 is 28.6 Å². The van der Waals surface area contributed by atoms with Gasteiger partial charge in [-0.2, -0.15) is 0 Å². The Morgan fingerprint density at radius 2 is 2.04 bits per heavy atom. The molecule has 1 aromatic carbocycles. The maximum absolute atomic E-state index is 4.93. The monoisotopic (exact) mass is 371 g/mol. The van der Waals surface area contributed by atoms with Crippen LogP contribution in [-0.2, 0) is 0 Å². The number of nitrogens with zero attached hydrogens (tertiary/aromatic N) is 4. The summed E-state index contributed by atoms with van der Waals surface area (Å²) < 4.78 is 0. The predicted octanol–water partition coefficient (Wildman–Crippen LogP) is 4.48. The highest BCUT2D eigenvalue weighted by Gasteiger charge is 2.10. The normalized spacial score (nSPS) is 13.0. The highest BCUT2D eigenvalue weighted by molar-refractivity contribution is 5.92. The number of hydrogen-bond acceptors (Lipinski definition) is 5. The Labute approximate surface area is 165 Å². The second-order valence-electron chi connectivity index (χ2n) is 7.27. The number of pyridine rings is 2. The van der Waals surface area contributed by atoms with Gasteiger partial charge in [0.05, 0.1) is 17.8 Å². The Bertz CT molecular complexity index is 1070. The molecule has 0 unspecified atom stereocenters. The topological polar surface area (TPSA) is 53.4 Å². The quantitative estimate of drug-likeness (QED) is 0.694. The summed E-state index contributed by atoms with van der Waals surface area (Å²) in [6.07, 6.45) is 6.89. The van der Waals surface area contributed by atoms with E-state index in [9.17, 15) is 0 Å². The van der Waals surface area contributed by atoms with E-state index < -0.39 is 0 Å². The molecule has 0 atom stereocenters. The van der Waals surface area contributed by atoms with Gasteiger partial charge in [0.15, 0.2) is 0 Å². The smallest absolute Gasteiger partial charge is 0.136 e. The van der Waals surface area contributed by atoms with Crippen molar-refractivity contribution in [3.63, 3.8) is 0 Å². The summed E-state index contributed by atoms with van der Waals surface area (Å²) in [5, 5.41) is 4.55. The molecule has 0 spiro atoms. The van der Waals surface area contributed by atoms with Crippen molar-refractivity contribution in [2.24, 2.45) is 4.99 Å². The van der Waals surface area contributed by atoms with Gasteiger partial charge < -0.3 is 10.2 Å². The minimum Gasteiger partial charge on any atom is -0.377 e. The first-order valence-corrected chi connectivity index (χ1v) is 9.58. The molecule has 4 rings (SSSR count). The first-order chi connectivity index (χ1) is 13.6. The highest BCUT2D eigenvalue weighted by Crippen LogP contribution is 2.29. The lowest BCUT2D eigenvalue weighted by Crippen LogP contribution is -2.10. The molecule has 1 aliphatic rings. The van der Waals surface area contributed by atoms with Crippen molar-refractivity contribution in [2.75, 3.05) is 37.4 Å². The van der Waals surface area contributed by atoms with Crippen molar-refractivity contribution in [1.82, 2.24) is 9.97 Å². The molecule has 3 heterocycles. The molecule has 28 heavy (non-hydrogen) atoms. The van der Waals surface area contributed by atoms with Gasteiger partial charge in [0.1, 0.15) is 5.82 Å². The number of rotatable bonds is 6. The van der Waals surface area contributed by atoms with E-state index in [-0.39, 0.29) is 0 Å². The van der Waals surface area contributed by atoms with E-state index in [2.05, 4.69) is 77.6 Å². The molecule has 0 aliphatic carbocycles. The Morgan fingerprint density at radius 3 is 2.79 bits per heavy atom. The standard InChI is InChI=1S/C23H25N5/c1-16-13-18(6-7-22(16)28(2)3)20-14-21-19(5-4-10-25-21)23(27-20)26-12-9-17-8-11-24-15-17/h4-8,10,13-15H,9,11-12H2,1-3H3,(H,26,27). The van der Waals surface area contributed by atoms with Crippen molar-refractivity contribution in [2.45, 2.75) is 13.3 Å². The Morgan fingerprint density at radius 1 is 1.14 bits per heavy atom. The molecule has 2 aromatic heterocycles. The predicted molar refractivity (Wildman–Crippen MR) is 119 cm³/mol. The second kappa shape index (κ2) is 7.80. The summed E-state index contributed by atoms with van der Waals surface area (Å²) in [6.45, 7) is 3.75. The van der Waals surface area contributed by atoms with E-state index in [0.717, 1.165) is 47.5 Å². The lowest BCUT2D eigenvalue weighted by Gasteiger charge is -2.17. The van der Waals surface area contributed by atoms with Crippen LogP contribution in [0.5, 0.6) is 0 Å². The van der Waals surface area contributed by atoms with Crippen LogP contribution in [0.1, 0.15) is 12.0 Å². The number of anilines is 2. The highest BCUT2D eigenvalue weighted by atomic mass is 15.1. The summed E-state index contributed by atoms with van der Waals surface area (Å²) in [4.78, 5) is 15.9. The van der Waals surface area contributed by atoms with Gasteiger partial charge in [-0.1, -0.05) is 12.1 Å². The SMILES string of the molecule is Cc1cc(-c2cc3ncccc3c(NCCC3=CCN=C3)n2)ccc1N(C)C. The molecule has 5 heteroatoms. The fourth-order valence-corrected chi connectivity index (χ4v) is 3.56. The summed E-state index contributed by atoms with van der Waals surface area (Å²) in [7, 11) is 4.12. The van der Waals surface area contributed by atoms with Gasteiger partial charge >= 0.3 is 0 Å². The van der Waals surface area contributed by atoms with Crippen LogP contribution in [0.3, 0.4) is 0 Å². The van der Waals surface area contributed by atoms with Crippen LogP contribution in [0.25, 0.3) is 22.2 Å². The number of aromatic nitrogens is 2. The minimum absolute atomic E-state index is 0.804. The Kier molecular flexibility index (Phi) is 5.06. The van der Waals surface area contributed by atoms with Crippen LogP contribution in [0.2, 0.25) is 0 Å². The van der Waals surface area contributed by atoms with E-state index in [1.54, 1.807) is 0 Å². The first-order valence-electron chi connectivity index (χ1n) is 9.58. The summed E-state index contributed by atoms with van der Waals surface area (Å²) in [5.41, 5.74) is 6.71. The lowest BCUT2D eigenvalue weighted by atomic mass is 10.0. The molecule has 0 radical (unpaired) electrons. The maximum Gasteiger partial charge on any atom is 0.136 e. The van der Waals surface area contributed by atoms with Gasteiger partial charge in [0, 0.05) is 49.7 Å². The third-order valence-electron chi connectivity index (χ3n) is 5.00. The van der Waals surface area contributed by atoms with Crippen LogP contribution in [-0.4, -0.2) is 43.4 Å². The lowest BCUT2D eigenvalue weighted by molar-refractivity contribution is 1.03. The molecule has 0 saturated carbocycles. The summed E-state index contributed by atoms with van der Waals surface area (Å²) in [6, 6.07) is 12.6. The molecule has 0 bridgehead atoms. The van der Waals surface area contributed by atoms with Gasteiger partial charge in [0.25, 0.3) is 0 Å². The van der Waals surface area contributed by atoms with Crippen molar-refractivity contribution in [1.29, 1.82) is 0 Å². The number of nitrogens with one attached hydrogen (secondary N) is 1. The van der Waals surface area contributed by atoms with E-state index in [1.165, 1.54) is 16.8 Å². The van der Waals surface area contributed by atoms with Gasteiger partial charge in [-0.15, -0.1) is 0 Å². The number of aryl methyl sites for hydroxylation is 1. The van der Waals surface area contributed by atoms with Crippen LogP contribution in [0.4, 0.5) is 11.5 Å². The van der Waals surface area contributed by atoms with Crippen molar-refractivity contribution in [3.05, 3.63) is 59.8 Å². The molecule has 1 N–H and O–H groups in total. The van der Waals surface area contributed by atoms with Crippen LogP contribution in [0, 0.1) is 6.92 Å². The molecule has 0 amide bonds. The van der Waals surface area contributed by atoms with E-state index in [4.69, 9.17) is 4.98 Å². The first kappa shape index (κ1) is 18.2. The molecule has 3 aromatic rings. The average molecular weight is 371 g/mol. The van der Waals surface area contributed by atoms with E-state index in [1.807, 2.05) is 18.5 Å². The summed E-state index contributed by atoms with van der Waals surface area (Å²) >= 11 is 0. The molecule has 142 valence electrons. The van der Waals surface area contributed by atoms with E-state index in [0.29, 0.717) is 0 Å². The largest absolute Gasteiger partial charge is 0.377 e. The Hall–Kier alpha value is -3.21. The van der Waals surface area contributed by atoms with Gasteiger partial charge in [-0.3, -0.25) is 9.98 Å². The van der Waals surface area contributed by atoms with Crippen LogP contribution < -0.4 is 10.2 Å². The zero-order chi connectivity index (χ0) is 19.5. The summed E-state index contributed by atoms with van der Waals surface area (Å²) in [5.74, 6) is 0.880. The second-order valence-corrected chi connectivity index (χ2v) is 7.27. The average Bonchev–Trinajstić information content (AvgIpc) is 3.21. The van der Waals surface area contributed by atoms with Crippen molar-refractivity contribution in [3.8, 4) is 11.3 Å². The van der Waals surface area contributed by atoms with Gasteiger partial charge in [-0.05, 0) is 54.8 Å². The zero-order valence-corrected chi connectivity index (χ0v) is 16.6. The van der Waals surface area contributed by atoms with Crippen molar-refractivity contribution < 1.29 is 0 Å². The third-order valence-corrected chi connectivity index (χ3v) is 5.00. The number of hydrogen-bond donors (Lipinski definition) is 1. The molecular weight excluding hydrogens is 346 g/mol. The number of benzene rings is 1. The molecule has 5 nitrogen and oxygen atoms in total. The molecule has 0 fully saturated rings. The molecular formula is C23H25N5. The van der Waals surface area contributed by atoms with Gasteiger partial charge in [0.2, 0.25) is 0 Å². The van der Waals surface area contributed by atoms with Crippen LogP contribution >= 0.6 is 0 Å². The zero-order valence-electron chi connectivity index (χ0n) is 16.6. The Balaban J connectivity index is 1.67. The molecule has 1 aliphatic heterocycles. The molecule has 0 saturated heterocycles. The fraction of sp³-hybridized carbons (Fsp3) is 0.261. The van der Waals surface area contributed by atoms with Gasteiger partial charge in [-0.25, -0.2) is 4.98 Å². The van der Waals surface area contributed by atoms with Crippen LogP contribution in [0.15, 0.2) is 59.2 Å². The minimum atomic E-state index is 0.804. The third kappa shape index (κ3) is 3.74. The number of fused-ring (bicyclic) bond motifs is 1. The fourth-order valence-electron chi connectivity index (χ4n) is 3.56. The van der Waals surface area contributed by atoms with E-state index >= 15 is 0 Å².